The number of carbonyl (C=O) groups excluding carboxylic acids is 1. The molecule has 0 unspecified atom stereocenters. The maximum atomic E-state index is 11.5. The lowest BCUT2D eigenvalue weighted by Gasteiger charge is -1.99. The maximum absolute atomic E-state index is 11.5. The zero-order valence-corrected chi connectivity index (χ0v) is 13.5. The smallest absolute Gasteiger partial charge is 0.337 e. The highest BCUT2D eigenvalue weighted by Gasteiger charge is 2.06. The molecule has 0 saturated carbocycles. The number of aliphatic imine (C=N–C) groups is 1. The van der Waals surface area contributed by atoms with Gasteiger partial charge in [-0.25, -0.2) is 14.8 Å². The van der Waals surface area contributed by atoms with Crippen LogP contribution in [0.2, 0.25) is 0 Å². The fourth-order valence-corrected chi connectivity index (χ4v) is 2.91. The van der Waals surface area contributed by atoms with Gasteiger partial charge in [-0.15, -0.1) is 0 Å². The predicted molar refractivity (Wildman–Crippen MR) is 91.2 cm³/mol. The summed E-state index contributed by atoms with van der Waals surface area (Å²) in [6.07, 6.45) is 1.68. The molecule has 1 heterocycles. The molecule has 3 rings (SSSR count). The van der Waals surface area contributed by atoms with Crippen LogP contribution < -0.4 is 4.74 Å². The number of aromatic nitrogens is 1. The molecule has 0 N–H and O–H groups in total. The van der Waals surface area contributed by atoms with E-state index in [2.05, 4.69) is 9.98 Å². The van der Waals surface area contributed by atoms with Crippen molar-refractivity contribution in [2.24, 2.45) is 4.99 Å². The highest BCUT2D eigenvalue weighted by Crippen LogP contribution is 2.30. The van der Waals surface area contributed by atoms with Gasteiger partial charge in [0.15, 0.2) is 0 Å². The molecule has 0 saturated heterocycles. The topological polar surface area (TPSA) is 60.8 Å². The number of ether oxygens (including phenoxy) is 2. The van der Waals surface area contributed by atoms with Crippen molar-refractivity contribution >= 4 is 38.9 Å². The molecular formula is C17H14N2O3S. The molecule has 1 aromatic heterocycles. The first-order valence-corrected chi connectivity index (χ1v) is 7.68. The third kappa shape index (κ3) is 3.37. The second-order valence-electron chi connectivity index (χ2n) is 4.71. The van der Waals surface area contributed by atoms with Crippen molar-refractivity contribution in [2.75, 3.05) is 14.2 Å². The van der Waals surface area contributed by atoms with E-state index >= 15 is 0 Å². The summed E-state index contributed by atoms with van der Waals surface area (Å²) in [5.41, 5.74) is 2.18. The Morgan fingerprint density at radius 2 is 2.09 bits per heavy atom. The Balaban J connectivity index is 1.86. The Morgan fingerprint density at radius 1 is 1.22 bits per heavy atom. The molecule has 6 heteroatoms. The van der Waals surface area contributed by atoms with E-state index in [1.165, 1.54) is 18.4 Å². The zero-order valence-electron chi connectivity index (χ0n) is 12.6. The minimum absolute atomic E-state index is 0.368. The first-order chi connectivity index (χ1) is 11.2. The van der Waals surface area contributed by atoms with Crippen LogP contribution in [0.5, 0.6) is 5.75 Å². The van der Waals surface area contributed by atoms with E-state index in [1.807, 2.05) is 24.3 Å². The molecule has 0 fully saturated rings. The summed E-state index contributed by atoms with van der Waals surface area (Å²) in [4.78, 5) is 20.4. The van der Waals surface area contributed by atoms with Gasteiger partial charge >= 0.3 is 5.97 Å². The molecule has 0 atom stereocenters. The standard InChI is InChI=1S/C17H14N2O3S/c1-21-13-6-7-14-15(9-13)23-17(19-14)18-10-11-4-3-5-12(8-11)16(20)22-2/h3-10H,1-2H3. The number of benzene rings is 2. The Bertz CT molecular complexity index is 886. The molecule has 0 aliphatic heterocycles. The number of hydrogen-bond acceptors (Lipinski definition) is 6. The van der Waals surface area contributed by atoms with Crippen LogP contribution in [-0.2, 0) is 4.74 Å². The lowest BCUT2D eigenvalue weighted by atomic mass is 10.1. The molecule has 2 aromatic carbocycles. The van der Waals surface area contributed by atoms with Crippen molar-refractivity contribution in [1.29, 1.82) is 0 Å². The molecule has 116 valence electrons. The average Bonchev–Trinajstić information content (AvgIpc) is 3.01. The van der Waals surface area contributed by atoms with Crippen LogP contribution in [0, 0.1) is 0 Å². The van der Waals surface area contributed by atoms with Crippen molar-refractivity contribution in [2.45, 2.75) is 0 Å². The van der Waals surface area contributed by atoms with Gasteiger partial charge in [0, 0.05) is 6.21 Å². The Morgan fingerprint density at radius 3 is 2.87 bits per heavy atom. The third-order valence-corrected chi connectivity index (χ3v) is 4.14. The van der Waals surface area contributed by atoms with E-state index in [4.69, 9.17) is 9.47 Å². The van der Waals surface area contributed by atoms with Gasteiger partial charge in [0.2, 0.25) is 5.13 Å². The molecule has 0 aliphatic carbocycles. The predicted octanol–water partition coefficient (Wildman–Crippen LogP) is 3.84. The number of rotatable bonds is 4. The monoisotopic (exact) mass is 326 g/mol. The van der Waals surface area contributed by atoms with Crippen LogP contribution in [0.4, 0.5) is 5.13 Å². The van der Waals surface area contributed by atoms with Crippen LogP contribution in [0.3, 0.4) is 0 Å². The number of methoxy groups -OCH3 is 2. The van der Waals surface area contributed by atoms with Crippen molar-refractivity contribution in [3.63, 3.8) is 0 Å². The number of thiazole rings is 1. The summed E-state index contributed by atoms with van der Waals surface area (Å²) < 4.78 is 10.9. The molecule has 0 amide bonds. The number of nitrogens with zero attached hydrogens (tertiary/aromatic N) is 2. The SMILES string of the molecule is COC(=O)c1cccc(C=Nc2nc3ccc(OC)cc3s2)c1. The summed E-state index contributed by atoms with van der Waals surface area (Å²) in [5, 5.41) is 0.650. The van der Waals surface area contributed by atoms with E-state index in [1.54, 1.807) is 31.5 Å². The number of esters is 1. The summed E-state index contributed by atoms with van der Waals surface area (Å²) in [5.74, 6) is 0.426. The first kappa shape index (κ1) is 15.2. The third-order valence-electron chi connectivity index (χ3n) is 3.22. The normalized spacial score (nSPS) is 11.0. The van der Waals surface area contributed by atoms with Crippen molar-refractivity contribution in [3.8, 4) is 5.75 Å². The van der Waals surface area contributed by atoms with Crippen molar-refractivity contribution in [1.82, 2.24) is 4.98 Å². The molecule has 23 heavy (non-hydrogen) atoms. The minimum Gasteiger partial charge on any atom is -0.497 e. The fourth-order valence-electron chi connectivity index (χ4n) is 2.07. The van der Waals surface area contributed by atoms with E-state index in [9.17, 15) is 4.79 Å². The van der Waals surface area contributed by atoms with Crippen molar-refractivity contribution < 1.29 is 14.3 Å². The average molecular weight is 326 g/mol. The van der Waals surface area contributed by atoms with Crippen LogP contribution in [0.25, 0.3) is 10.2 Å². The van der Waals surface area contributed by atoms with Gasteiger partial charge in [0.1, 0.15) is 5.75 Å². The van der Waals surface area contributed by atoms with Gasteiger partial charge in [-0.3, -0.25) is 0 Å². The second kappa shape index (κ2) is 6.58. The molecule has 0 aliphatic rings. The molecule has 0 radical (unpaired) electrons. The van der Waals surface area contributed by atoms with E-state index in [0.717, 1.165) is 21.5 Å². The largest absolute Gasteiger partial charge is 0.497 e. The van der Waals surface area contributed by atoms with Gasteiger partial charge in [0.25, 0.3) is 0 Å². The van der Waals surface area contributed by atoms with Crippen LogP contribution in [0.15, 0.2) is 47.5 Å². The first-order valence-electron chi connectivity index (χ1n) is 6.86. The molecule has 3 aromatic rings. The highest BCUT2D eigenvalue weighted by molar-refractivity contribution is 7.22. The number of hydrogen-bond donors (Lipinski definition) is 0. The molecule has 5 nitrogen and oxygen atoms in total. The lowest BCUT2D eigenvalue weighted by molar-refractivity contribution is 0.0600. The minimum atomic E-state index is -0.368. The zero-order chi connectivity index (χ0) is 16.2. The van der Waals surface area contributed by atoms with Crippen LogP contribution >= 0.6 is 11.3 Å². The summed E-state index contributed by atoms with van der Waals surface area (Å²) >= 11 is 1.48. The summed E-state index contributed by atoms with van der Waals surface area (Å²) in [6.45, 7) is 0. The Kier molecular flexibility index (Phi) is 4.34. The number of carbonyl (C=O) groups is 1. The summed E-state index contributed by atoms with van der Waals surface area (Å²) in [7, 11) is 2.99. The highest BCUT2D eigenvalue weighted by atomic mass is 32.1. The van der Waals surface area contributed by atoms with Gasteiger partial charge in [-0.05, 0) is 35.9 Å². The fraction of sp³-hybridized carbons (Fsp3) is 0.118. The van der Waals surface area contributed by atoms with Gasteiger partial charge in [-0.2, -0.15) is 0 Å². The lowest BCUT2D eigenvalue weighted by Crippen LogP contribution is -2.01. The quantitative estimate of drug-likeness (QED) is 0.540. The van der Waals surface area contributed by atoms with Crippen LogP contribution in [-0.4, -0.2) is 31.4 Å². The molecule has 0 bridgehead atoms. The van der Waals surface area contributed by atoms with E-state index < -0.39 is 0 Å². The Hall–Kier alpha value is -2.73. The van der Waals surface area contributed by atoms with Gasteiger partial charge in [-0.1, -0.05) is 23.5 Å². The van der Waals surface area contributed by atoms with E-state index in [0.29, 0.717) is 10.7 Å². The van der Waals surface area contributed by atoms with E-state index in [-0.39, 0.29) is 5.97 Å². The summed E-state index contributed by atoms with van der Waals surface area (Å²) in [6, 6.07) is 12.8. The molecule has 0 spiro atoms. The van der Waals surface area contributed by atoms with Crippen molar-refractivity contribution in [3.05, 3.63) is 53.6 Å². The van der Waals surface area contributed by atoms with Crippen LogP contribution in [0.1, 0.15) is 15.9 Å². The second-order valence-corrected chi connectivity index (χ2v) is 5.71. The van der Waals surface area contributed by atoms with Gasteiger partial charge < -0.3 is 9.47 Å². The maximum Gasteiger partial charge on any atom is 0.337 e. The molecular weight excluding hydrogens is 312 g/mol. The number of fused-ring (bicyclic) bond motifs is 1. The Labute approximate surface area is 137 Å². The van der Waals surface area contributed by atoms with Gasteiger partial charge in [0.05, 0.1) is 30.0 Å².